The highest BCUT2D eigenvalue weighted by atomic mass is 35.5. The van der Waals surface area contributed by atoms with Gasteiger partial charge in [0.2, 0.25) is 0 Å². The number of halogens is 1. The third kappa shape index (κ3) is 4.06. The molecule has 0 spiro atoms. The first-order valence-corrected chi connectivity index (χ1v) is 10.5. The number of amidine groups is 1. The SMILES string of the molecule is COc1cc(C2=NS(=O)(=O)c3ccccc3N2)ccc1OCc1ccc(Cl)cc1. The van der Waals surface area contributed by atoms with Crippen LogP contribution in [-0.2, 0) is 16.6 Å². The molecule has 0 radical (unpaired) electrons. The predicted octanol–water partition coefficient (Wildman–Crippen LogP) is 4.49. The molecule has 0 saturated carbocycles. The largest absolute Gasteiger partial charge is 0.493 e. The fourth-order valence-corrected chi connectivity index (χ4v) is 4.18. The van der Waals surface area contributed by atoms with Gasteiger partial charge in [-0.25, -0.2) is 0 Å². The summed E-state index contributed by atoms with van der Waals surface area (Å²) in [6, 6.07) is 19.1. The van der Waals surface area contributed by atoms with Gasteiger partial charge in [-0.05, 0) is 48.0 Å². The molecular formula is C21H17ClN2O4S. The lowest BCUT2D eigenvalue weighted by atomic mass is 10.1. The van der Waals surface area contributed by atoms with E-state index in [1.165, 1.54) is 13.2 Å². The lowest BCUT2D eigenvalue weighted by molar-refractivity contribution is 0.284. The average Bonchev–Trinajstić information content (AvgIpc) is 2.73. The third-order valence-electron chi connectivity index (χ3n) is 4.37. The van der Waals surface area contributed by atoms with Gasteiger partial charge in [-0.2, -0.15) is 8.42 Å². The van der Waals surface area contributed by atoms with Crippen LogP contribution in [0, 0.1) is 0 Å². The van der Waals surface area contributed by atoms with Crippen molar-refractivity contribution in [1.29, 1.82) is 0 Å². The fourth-order valence-electron chi connectivity index (χ4n) is 2.92. The molecule has 0 bridgehead atoms. The van der Waals surface area contributed by atoms with Crippen molar-refractivity contribution < 1.29 is 17.9 Å². The van der Waals surface area contributed by atoms with Crippen molar-refractivity contribution >= 4 is 33.1 Å². The van der Waals surface area contributed by atoms with Crippen molar-refractivity contribution in [3.8, 4) is 11.5 Å². The van der Waals surface area contributed by atoms with Crippen molar-refractivity contribution in [1.82, 2.24) is 0 Å². The van der Waals surface area contributed by atoms with E-state index in [0.717, 1.165) is 5.56 Å². The summed E-state index contributed by atoms with van der Waals surface area (Å²) < 4.78 is 40.1. The summed E-state index contributed by atoms with van der Waals surface area (Å²) in [7, 11) is -2.25. The molecule has 6 nitrogen and oxygen atoms in total. The first-order chi connectivity index (χ1) is 14.0. The highest BCUT2D eigenvalue weighted by Crippen LogP contribution is 2.32. The van der Waals surface area contributed by atoms with Gasteiger partial charge in [0.05, 0.1) is 12.8 Å². The number of ether oxygens (including phenoxy) is 2. The Morgan fingerprint density at radius 2 is 1.76 bits per heavy atom. The Labute approximate surface area is 173 Å². The minimum atomic E-state index is -3.78. The van der Waals surface area contributed by atoms with E-state index in [1.807, 2.05) is 12.1 Å². The molecule has 0 unspecified atom stereocenters. The first-order valence-electron chi connectivity index (χ1n) is 8.73. The maximum absolute atomic E-state index is 12.5. The number of anilines is 1. The number of nitrogens with one attached hydrogen (secondary N) is 1. The molecule has 0 aromatic heterocycles. The average molecular weight is 429 g/mol. The molecule has 0 amide bonds. The quantitative estimate of drug-likeness (QED) is 0.648. The third-order valence-corrected chi connectivity index (χ3v) is 5.96. The molecule has 4 rings (SSSR count). The van der Waals surface area contributed by atoms with Gasteiger partial charge in [0.15, 0.2) is 17.3 Å². The Bertz CT molecular complexity index is 1190. The topological polar surface area (TPSA) is 77.0 Å². The van der Waals surface area contributed by atoms with E-state index < -0.39 is 10.0 Å². The zero-order valence-corrected chi connectivity index (χ0v) is 17.0. The summed E-state index contributed by atoms with van der Waals surface area (Å²) in [6.45, 7) is 0.341. The van der Waals surface area contributed by atoms with Gasteiger partial charge >= 0.3 is 0 Å². The number of fused-ring (bicyclic) bond motifs is 1. The van der Waals surface area contributed by atoms with E-state index >= 15 is 0 Å². The van der Waals surface area contributed by atoms with E-state index in [-0.39, 0.29) is 10.7 Å². The summed E-state index contributed by atoms with van der Waals surface area (Å²) in [6.07, 6.45) is 0. The number of hydrogen-bond donors (Lipinski definition) is 1. The van der Waals surface area contributed by atoms with E-state index in [0.29, 0.717) is 34.4 Å². The van der Waals surface area contributed by atoms with Gasteiger partial charge in [0.25, 0.3) is 10.0 Å². The van der Waals surface area contributed by atoms with E-state index in [9.17, 15) is 8.42 Å². The van der Waals surface area contributed by atoms with Crippen LogP contribution in [-0.4, -0.2) is 21.4 Å². The van der Waals surface area contributed by atoms with E-state index in [1.54, 1.807) is 48.5 Å². The summed E-state index contributed by atoms with van der Waals surface area (Å²) in [5, 5.41) is 3.72. The molecule has 29 heavy (non-hydrogen) atoms. The van der Waals surface area contributed by atoms with Gasteiger partial charge in [0.1, 0.15) is 11.5 Å². The van der Waals surface area contributed by atoms with Crippen LogP contribution in [0.5, 0.6) is 11.5 Å². The second-order valence-electron chi connectivity index (χ2n) is 6.32. The molecule has 3 aromatic carbocycles. The van der Waals surface area contributed by atoms with Gasteiger partial charge in [0, 0.05) is 10.6 Å². The van der Waals surface area contributed by atoms with Crippen LogP contribution in [0.15, 0.2) is 76.0 Å². The molecule has 1 N–H and O–H groups in total. The van der Waals surface area contributed by atoms with Crippen molar-refractivity contribution in [2.45, 2.75) is 11.5 Å². The number of para-hydroxylation sites is 1. The Morgan fingerprint density at radius 1 is 1.00 bits per heavy atom. The van der Waals surface area contributed by atoms with E-state index in [2.05, 4.69) is 9.71 Å². The number of benzene rings is 3. The standard InChI is InChI=1S/C21H17ClN2O4S/c1-27-19-12-15(8-11-18(19)28-13-14-6-9-16(22)10-7-14)21-23-17-4-2-3-5-20(17)29(25,26)24-21/h2-12H,13H2,1H3,(H,23,24). The lowest BCUT2D eigenvalue weighted by Crippen LogP contribution is -2.22. The molecule has 0 fully saturated rings. The minimum Gasteiger partial charge on any atom is -0.493 e. The molecule has 0 atom stereocenters. The van der Waals surface area contributed by atoms with Gasteiger partial charge in [-0.1, -0.05) is 35.9 Å². The molecule has 8 heteroatoms. The number of rotatable bonds is 5. The predicted molar refractivity (Wildman–Crippen MR) is 113 cm³/mol. The smallest absolute Gasteiger partial charge is 0.286 e. The summed E-state index contributed by atoms with van der Waals surface area (Å²) in [4.78, 5) is 0.152. The number of hydrogen-bond acceptors (Lipinski definition) is 5. The highest BCUT2D eigenvalue weighted by Gasteiger charge is 2.25. The van der Waals surface area contributed by atoms with Crippen molar-refractivity contribution in [3.63, 3.8) is 0 Å². The summed E-state index contributed by atoms with van der Waals surface area (Å²) in [5.74, 6) is 1.23. The Kier molecular flexibility index (Phi) is 5.17. The van der Waals surface area contributed by atoms with Crippen LogP contribution in [0.2, 0.25) is 5.02 Å². The van der Waals surface area contributed by atoms with Crippen LogP contribution in [0.1, 0.15) is 11.1 Å². The van der Waals surface area contributed by atoms with Gasteiger partial charge in [-0.15, -0.1) is 4.40 Å². The zero-order valence-electron chi connectivity index (χ0n) is 15.4. The molecule has 0 saturated heterocycles. The maximum Gasteiger partial charge on any atom is 0.286 e. The fraction of sp³-hybridized carbons (Fsp3) is 0.0952. The monoisotopic (exact) mass is 428 g/mol. The Morgan fingerprint density at radius 3 is 2.52 bits per heavy atom. The second kappa shape index (κ2) is 7.77. The first kappa shape index (κ1) is 19.3. The minimum absolute atomic E-state index is 0.152. The molecule has 1 aliphatic heterocycles. The summed E-state index contributed by atoms with van der Waals surface area (Å²) in [5.41, 5.74) is 2.01. The molecular weight excluding hydrogens is 412 g/mol. The van der Waals surface area contributed by atoms with Crippen molar-refractivity contribution in [2.24, 2.45) is 4.40 Å². The molecule has 1 aliphatic rings. The van der Waals surface area contributed by atoms with Crippen molar-refractivity contribution in [3.05, 3.63) is 82.9 Å². The Balaban J connectivity index is 1.60. The van der Waals surface area contributed by atoms with Gasteiger partial charge in [-0.3, -0.25) is 0 Å². The van der Waals surface area contributed by atoms with Gasteiger partial charge < -0.3 is 14.8 Å². The lowest BCUT2D eigenvalue weighted by Gasteiger charge is -2.19. The zero-order chi connectivity index (χ0) is 20.4. The van der Waals surface area contributed by atoms with Crippen LogP contribution < -0.4 is 14.8 Å². The maximum atomic E-state index is 12.5. The van der Waals surface area contributed by atoms with Crippen molar-refractivity contribution in [2.75, 3.05) is 12.4 Å². The number of sulfonamides is 1. The summed E-state index contributed by atoms with van der Waals surface area (Å²) >= 11 is 5.90. The molecule has 148 valence electrons. The van der Waals surface area contributed by atoms with Crippen LogP contribution in [0.25, 0.3) is 0 Å². The molecule has 1 heterocycles. The highest BCUT2D eigenvalue weighted by molar-refractivity contribution is 7.90. The molecule has 3 aromatic rings. The van der Waals surface area contributed by atoms with Crippen LogP contribution in [0.3, 0.4) is 0 Å². The molecule has 0 aliphatic carbocycles. The number of methoxy groups -OCH3 is 1. The normalized spacial score (nSPS) is 14.3. The Hall–Kier alpha value is -3.03. The number of nitrogens with zero attached hydrogens (tertiary/aromatic N) is 1. The van der Waals surface area contributed by atoms with E-state index in [4.69, 9.17) is 21.1 Å². The van der Waals surface area contributed by atoms with Crippen LogP contribution >= 0.6 is 11.6 Å². The van der Waals surface area contributed by atoms with Crippen LogP contribution in [0.4, 0.5) is 5.69 Å². The second-order valence-corrected chi connectivity index (χ2v) is 8.33.